The van der Waals surface area contributed by atoms with E-state index in [2.05, 4.69) is 10.6 Å². The summed E-state index contributed by atoms with van der Waals surface area (Å²) in [6.45, 7) is 4.88. The summed E-state index contributed by atoms with van der Waals surface area (Å²) in [5.74, 6) is -1.71. The third kappa shape index (κ3) is 5.69. The molecular weight excluding hydrogens is 353 g/mol. The number of amides is 3. The van der Waals surface area contributed by atoms with Crippen LogP contribution in [0.2, 0.25) is 10.0 Å². The lowest BCUT2D eigenvalue weighted by atomic mass is 10.0. The van der Waals surface area contributed by atoms with Crippen LogP contribution in [0.15, 0.2) is 18.2 Å². The predicted molar refractivity (Wildman–Crippen MR) is 93.7 cm³/mol. The highest BCUT2D eigenvalue weighted by Gasteiger charge is 2.28. The fourth-order valence-corrected chi connectivity index (χ4v) is 2.72. The van der Waals surface area contributed by atoms with Crippen molar-refractivity contribution in [2.45, 2.75) is 39.3 Å². The molecule has 4 N–H and O–H groups in total. The number of carbonyl (C=O) groups is 3. The molecule has 3 amide bonds. The highest BCUT2D eigenvalue weighted by atomic mass is 35.5. The second kappa shape index (κ2) is 8.89. The summed E-state index contributed by atoms with van der Waals surface area (Å²) in [7, 11) is 0. The molecule has 0 heterocycles. The van der Waals surface area contributed by atoms with Crippen LogP contribution in [0, 0.1) is 5.92 Å². The number of hydrogen-bond acceptors (Lipinski definition) is 3. The number of halogens is 2. The molecule has 1 aromatic rings. The van der Waals surface area contributed by atoms with E-state index >= 15 is 0 Å². The Kier molecular flexibility index (Phi) is 7.51. The molecule has 0 unspecified atom stereocenters. The van der Waals surface area contributed by atoms with Crippen LogP contribution >= 0.6 is 23.2 Å². The largest absolute Gasteiger partial charge is 0.368 e. The number of hydrogen-bond donors (Lipinski definition) is 3. The van der Waals surface area contributed by atoms with Crippen molar-refractivity contribution in [3.63, 3.8) is 0 Å². The molecular formula is C16H21Cl2N3O3. The molecule has 1 aromatic carbocycles. The summed E-state index contributed by atoms with van der Waals surface area (Å²) >= 11 is 12.2. The Balaban J connectivity index is 2.95. The normalized spacial score (nSPS) is 13.2. The predicted octanol–water partition coefficient (Wildman–Crippen LogP) is 1.67. The zero-order valence-corrected chi connectivity index (χ0v) is 15.2. The molecule has 6 nitrogen and oxygen atoms in total. The number of nitrogens with two attached hydrogens (primary N) is 1. The lowest BCUT2D eigenvalue weighted by Crippen LogP contribution is -2.55. The molecule has 1 rings (SSSR count). The van der Waals surface area contributed by atoms with E-state index in [-0.39, 0.29) is 18.2 Å². The van der Waals surface area contributed by atoms with Gasteiger partial charge in [-0.1, -0.05) is 43.1 Å². The quantitative estimate of drug-likeness (QED) is 0.677. The van der Waals surface area contributed by atoms with Gasteiger partial charge in [0.15, 0.2) is 0 Å². The third-order valence-corrected chi connectivity index (χ3v) is 4.15. The Morgan fingerprint density at radius 1 is 1.12 bits per heavy atom. The molecule has 0 aromatic heterocycles. The SMILES string of the molecule is CC(=O)N[C@@H](C(=O)N[C@@H](Cc1c(Cl)cccc1Cl)C(N)=O)C(C)C. The van der Waals surface area contributed by atoms with Crippen molar-refractivity contribution in [1.29, 1.82) is 0 Å². The average molecular weight is 374 g/mol. The number of carbonyl (C=O) groups excluding carboxylic acids is 3. The molecule has 0 radical (unpaired) electrons. The first-order valence-corrected chi connectivity index (χ1v) is 8.18. The Morgan fingerprint density at radius 2 is 1.67 bits per heavy atom. The summed E-state index contributed by atoms with van der Waals surface area (Å²) in [6, 6.07) is 3.18. The summed E-state index contributed by atoms with van der Waals surface area (Å²) in [6.07, 6.45) is 0.0600. The monoisotopic (exact) mass is 373 g/mol. The first-order chi connectivity index (χ1) is 11.1. The van der Waals surface area contributed by atoms with Gasteiger partial charge in [-0.15, -0.1) is 0 Å². The van der Waals surface area contributed by atoms with E-state index in [0.717, 1.165) is 0 Å². The van der Waals surface area contributed by atoms with E-state index in [1.165, 1.54) is 6.92 Å². The molecule has 8 heteroatoms. The Bertz CT molecular complexity index is 615. The van der Waals surface area contributed by atoms with Crippen LogP contribution in [-0.4, -0.2) is 29.8 Å². The molecule has 2 atom stereocenters. The molecule has 0 aliphatic heterocycles. The summed E-state index contributed by atoms with van der Waals surface area (Å²) in [5.41, 5.74) is 5.90. The number of rotatable bonds is 7. The molecule has 132 valence electrons. The van der Waals surface area contributed by atoms with Crippen LogP contribution in [0.4, 0.5) is 0 Å². The van der Waals surface area contributed by atoms with Crippen LogP contribution in [0.25, 0.3) is 0 Å². The summed E-state index contributed by atoms with van der Waals surface area (Å²) in [4.78, 5) is 35.4. The van der Waals surface area contributed by atoms with Crippen LogP contribution in [0.3, 0.4) is 0 Å². The first kappa shape index (κ1) is 20.3. The minimum absolute atomic E-state index is 0.0600. The standard InChI is InChI=1S/C16H21Cl2N3O3/c1-8(2)14(20-9(3)22)16(24)21-13(15(19)23)7-10-11(17)5-4-6-12(10)18/h4-6,8,13-14H,7H2,1-3H3,(H2,19,23)(H,20,22)(H,21,24)/t13-,14+/m0/s1. The van der Waals surface area contributed by atoms with E-state index in [0.29, 0.717) is 15.6 Å². The topological polar surface area (TPSA) is 101 Å². The van der Waals surface area contributed by atoms with Crippen molar-refractivity contribution in [1.82, 2.24) is 10.6 Å². The average Bonchev–Trinajstić information content (AvgIpc) is 2.46. The van der Waals surface area contributed by atoms with Gasteiger partial charge in [-0.3, -0.25) is 14.4 Å². The number of nitrogens with one attached hydrogen (secondary N) is 2. The van der Waals surface area contributed by atoms with Gasteiger partial charge in [-0.25, -0.2) is 0 Å². The molecule has 0 aliphatic carbocycles. The van der Waals surface area contributed by atoms with Gasteiger partial charge in [0.1, 0.15) is 12.1 Å². The van der Waals surface area contributed by atoms with Gasteiger partial charge < -0.3 is 16.4 Å². The fraction of sp³-hybridized carbons (Fsp3) is 0.438. The van der Waals surface area contributed by atoms with E-state index in [9.17, 15) is 14.4 Å². The minimum Gasteiger partial charge on any atom is -0.368 e. The highest BCUT2D eigenvalue weighted by molar-refractivity contribution is 6.36. The third-order valence-electron chi connectivity index (χ3n) is 3.44. The van der Waals surface area contributed by atoms with Gasteiger partial charge in [-0.2, -0.15) is 0 Å². The van der Waals surface area contributed by atoms with E-state index < -0.39 is 23.9 Å². The first-order valence-electron chi connectivity index (χ1n) is 7.43. The van der Waals surface area contributed by atoms with Gasteiger partial charge in [0, 0.05) is 23.4 Å². The Morgan fingerprint density at radius 3 is 2.08 bits per heavy atom. The van der Waals surface area contributed by atoms with E-state index in [1.54, 1.807) is 32.0 Å². The number of benzene rings is 1. The van der Waals surface area contributed by atoms with Crippen molar-refractivity contribution in [2.75, 3.05) is 0 Å². The molecule has 0 saturated heterocycles. The van der Waals surface area contributed by atoms with Crippen molar-refractivity contribution in [2.24, 2.45) is 11.7 Å². The van der Waals surface area contributed by atoms with Gasteiger partial charge in [0.2, 0.25) is 17.7 Å². The van der Waals surface area contributed by atoms with Crippen molar-refractivity contribution in [3.05, 3.63) is 33.8 Å². The fourth-order valence-electron chi connectivity index (χ4n) is 2.17. The van der Waals surface area contributed by atoms with Gasteiger partial charge in [0.05, 0.1) is 0 Å². The Labute approximate surface area is 151 Å². The summed E-state index contributed by atoms with van der Waals surface area (Å²) < 4.78 is 0. The minimum atomic E-state index is -0.995. The lowest BCUT2D eigenvalue weighted by Gasteiger charge is -2.24. The maximum absolute atomic E-state index is 12.4. The molecule has 0 bridgehead atoms. The molecule has 0 aliphatic rings. The van der Waals surface area contributed by atoms with Gasteiger partial charge in [0.25, 0.3) is 0 Å². The maximum Gasteiger partial charge on any atom is 0.243 e. The Hall–Kier alpha value is -1.79. The van der Waals surface area contributed by atoms with Crippen LogP contribution in [0.1, 0.15) is 26.3 Å². The summed E-state index contributed by atoms with van der Waals surface area (Å²) in [5, 5.41) is 5.88. The lowest BCUT2D eigenvalue weighted by molar-refractivity contribution is -0.131. The van der Waals surface area contributed by atoms with Gasteiger partial charge in [-0.05, 0) is 23.6 Å². The van der Waals surface area contributed by atoms with Crippen molar-refractivity contribution >= 4 is 40.9 Å². The smallest absolute Gasteiger partial charge is 0.243 e. The highest BCUT2D eigenvalue weighted by Crippen LogP contribution is 2.25. The zero-order chi connectivity index (χ0) is 18.4. The van der Waals surface area contributed by atoms with E-state index in [1.807, 2.05) is 0 Å². The number of primary amides is 1. The molecule has 0 spiro atoms. The second-order valence-corrected chi connectivity index (χ2v) is 6.60. The molecule has 0 fully saturated rings. The van der Waals surface area contributed by atoms with Crippen LogP contribution in [-0.2, 0) is 20.8 Å². The van der Waals surface area contributed by atoms with Crippen LogP contribution in [0.5, 0.6) is 0 Å². The molecule has 24 heavy (non-hydrogen) atoms. The van der Waals surface area contributed by atoms with Crippen molar-refractivity contribution in [3.8, 4) is 0 Å². The zero-order valence-electron chi connectivity index (χ0n) is 13.7. The van der Waals surface area contributed by atoms with Crippen LogP contribution < -0.4 is 16.4 Å². The maximum atomic E-state index is 12.4. The van der Waals surface area contributed by atoms with Gasteiger partial charge >= 0.3 is 0 Å². The molecule has 0 saturated carbocycles. The van der Waals surface area contributed by atoms with E-state index in [4.69, 9.17) is 28.9 Å². The second-order valence-electron chi connectivity index (χ2n) is 5.79. The van der Waals surface area contributed by atoms with Crippen molar-refractivity contribution < 1.29 is 14.4 Å².